The number of H-pyrrole nitrogens is 1. The highest BCUT2D eigenvalue weighted by atomic mass is 32.2. The maximum Gasteiger partial charge on any atom is 0.416 e. The van der Waals surface area contributed by atoms with Crippen LogP contribution in [0.1, 0.15) is 63.2 Å². The number of carbonyl (C=O) groups is 3. The Morgan fingerprint density at radius 3 is 2.49 bits per heavy atom. The minimum atomic E-state index is -4.52. The lowest BCUT2D eigenvalue weighted by molar-refractivity contribution is -0.138. The average Bonchev–Trinajstić information content (AvgIpc) is 3.43. The summed E-state index contributed by atoms with van der Waals surface area (Å²) in [7, 11) is 0. The van der Waals surface area contributed by atoms with Crippen LogP contribution < -0.4 is 10.2 Å². The number of hydrogen-bond donors (Lipinski definition) is 3. The van der Waals surface area contributed by atoms with Crippen LogP contribution in [0.5, 0.6) is 0 Å². The molecule has 0 spiro atoms. The zero-order valence-electron chi connectivity index (χ0n) is 23.2. The molecule has 0 bridgehead atoms. The molecule has 0 radical (unpaired) electrons. The number of piperidine rings is 1. The number of hydrogen-bond acceptors (Lipinski definition) is 5. The Kier molecular flexibility index (Phi) is 9.10. The first-order valence-electron chi connectivity index (χ1n) is 13.9. The molecular weight excluding hydrogens is 579 g/mol. The summed E-state index contributed by atoms with van der Waals surface area (Å²) in [6.45, 7) is 1.67. The molecule has 1 fully saturated rings. The number of rotatable bonds is 10. The van der Waals surface area contributed by atoms with Crippen molar-refractivity contribution < 1.29 is 32.7 Å². The summed E-state index contributed by atoms with van der Waals surface area (Å²) in [6, 6.07) is 17.0. The van der Waals surface area contributed by atoms with Crippen molar-refractivity contribution in [3.63, 3.8) is 0 Å². The van der Waals surface area contributed by atoms with Gasteiger partial charge in [0, 0.05) is 52.3 Å². The lowest BCUT2D eigenvalue weighted by Gasteiger charge is -2.29. The van der Waals surface area contributed by atoms with Crippen LogP contribution in [-0.2, 0) is 16.7 Å². The number of aromatic nitrogens is 1. The van der Waals surface area contributed by atoms with Crippen molar-refractivity contribution >= 4 is 51.7 Å². The van der Waals surface area contributed by atoms with Gasteiger partial charge in [0.2, 0.25) is 5.78 Å². The molecule has 0 aliphatic carbocycles. The Hall–Kier alpha value is -4.25. The van der Waals surface area contributed by atoms with E-state index in [1.807, 2.05) is 12.1 Å². The summed E-state index contributed by atoms with van der Waals surface area (Å²) in [5, 5.41) is 12.2. The van der Waals surface area contributed by atoms with Crippen LogP contribution in [0, 0.1) is 0 Å². The SMILES string of the molecule is O=C(O)CCSCc1cccc(C(=O)Nc2ccc(N3CCCCC3)cc2C(=O)c2cc3ccc(C(F)(F)F)cc3[nH]2)c1. The van der Waals surface area contributed by atoms with E-state index in [4.69, 9.17) is 5.11 Å². The van der Waals surface area contributed by atoms with Gasteiger partial charge in [0.1, 0.15) is 0 Å². The number of amides is 1. The maximum absolute atomic E-state index is 13.9. The molecule has 1 amide bonds. The van der Waals surface area contributed by atoms with Crippen molar-refractivity contribution in [3.8, 4) is 0 Å². The molecule has 43 heavy (non-hydrogen) atoms. The minimum absolute atomic E-state index is 0.0505. The zero-order valence-corrected chi connectivity index (χ0v) is 24.0. The van der Waals surface area contributed by atoms with Crippen LogP contribution in [0.15, 0.2) is 66.7 Å². The predicted octanol–water partition coefficient (Wildman–Crippen LogP) is 7.37. The van der Waals surface area contributed by atoms with Crippen LogP contribution in [0.2, 0.25) is 0 Å². The number of halogens is 3. The molecule has 11 heteroatoms. The van der Waals surface area contributed by atoms with E-state index < -0.39 is 29.4 Å². The number of nitrogens with one attached hydrogen (secondary N) is 2. The number of ketones is 1. The molecule has 0 saturated carbocycles. The summed E-state index contributed by atoms with van der Waals surface area (Å²) < 4.78 is 39.8. The van der Waals surface area contributed by atoms with Crippen molar-refractivity contribution in [1.29, 1.82) is 0 Å². The second-order valence-electron chi connectivity index (χ2n) is 10.4. The largest absolute Gasteiger partial charge is 0.481 e. The first-order valence-corrected chi connectivity index (χ1v) is 15.1. The number of fused-ring (bicyclic) bond motifs is 1. The van der Waals surface area contributed by atoms with Gasteiger partial charge in [-0.3, -0.25) is 14.4 Å². The van der Waals surface area contributed by atoms with Crippen LogP contribution in [0.3, 0.4) is 0 Å². The summed E-state index contributed by atoms with van der Waals surface area (Å²) >= 11 is 1.45. The Morgan fingerprint density at radius 2 is 1.74 bits per heavy atom. The summed E-state index contributed by atoms with van der Waals surface area (Å²) in [6.07, 6.45) is -1.29. The van der Waals surface area contributed by atoms with E-state index >= 15 is 0 Å². The monoisotopic (exact) mass is 609 g/mol. The molecule has 1 aliphatic rings. The Balaban J connectivity index is 1.43. The Labute approximate surface area is 250 Å². The van der Waals surface area contributed by atoms with Crippen molar-refractivity contribution in [2.24, 2.45) is 0 Å². The third kappa shape index (κ3) is 7.40. The van der Waals surface area contributed by atoms with Gasteiger partial charge in [0.05, 0.1) is 23.4 Å². The number of carboxylic acid groups (broad SMARTS) is 1. The number of aromatic amines is 1. The van der Waals surface area contributed by atoms with Crippen LogP contribution in [-0.4, -0.2) is 46.6 Å². The molecule has 0 unspecified atom stereocenters. The van der Waals surface area contributed by atoms with Gasteiger partial charge in [-0.05, 0) is 73.4 Å². The van der Waals surface area contributed by atoms with E-state index in [0.29, 0.717) is 22.5 Å². The quantitative estimate of drug-likeness (QED) is 0.128. The van der Waals surface area contributed by atoms with Gasteiger partial charge in [-0.25, -0.2) is 0 Å². The number of carbonyl (C=O) groups excluding carboxylic acids is 2. The second-order valence-corrected chi connectivity index (χ2v) is 11.5. The molecule has 3 N–H and O–H groups in total. The van der Waals surface area contributed by atoms with Crippen LogP contribution >= 0.6 is 11.8 Å². The third-order valence-electron chi connectivity index (χ3n) is 7.33. The highest BCUT2D eigenvalue weighted by Gasteiger charge is 2.31. The molecule has 3 aromatic carbocycles. The highest BCUT2D eigenvalue weighted by Crippen LogP contribution is 2.33. The van der Waals surface area contributed by atoms with E-state index in [2.05, 4.69) is 15.2 Å². The highest BCUT2D eigenvalue weighted by molar-refractivity contribution is 7.98. The fourth-order valence-electron chi connectivity index (χ4n) is 5.10. The van der Waals surface area contributed by atoms with E-state index in [1.165, 1.54) is 23.9 Å². The Bertz CT molecular complexity index is 1660. The second kappa shape index (κ2) is 12.9. The smallest absolute Gasteiger partial charge is 0.416 e. The van der Waals surface area contributed by atoms with Crippen LogP contribution in [0.25, 0.3) is 10.9 Å². The minimum Gasteiger partial charge on any atom is -0.481 e. The summed E-state index contributed by atoms with van der Waals surface area (Å²) in [5.41, 5.74) is 2.05. The topological polar surface area (TPSA) is 102 Å². The molecule has 2 heterocycles. The van der Waals surface area contributed by atoms with Crippen molar-refractivity contribution in [3.05, 3.63) is 94.7 Å². The van der Waals surface area contributed by atoms with Crippen LogP contribution in [0.4, 0.5) is 24.5 Å². The van der Waals surface area contributed by atoms with Crippen molar-refractivity contribution in [1.82, 2.24) is 4.98 Å². The molecule has 224 valence electrons. The fraction of sp³-hybridized carbons (Fsp3) is 0.281. The molecular formula is C32H30F3N3O4S. The molecule has 1 saturated heterocycles. The van der Waals surface area contributed by atoms with Gasteiger partial charge in [0.25, 0.3) is 5.91 Å². The van der Waals surface area contributed by atoms with Gasteiger partial charge in [-0.2, -0.15) is 24.9 Å². The van der Waals surface area contributed by atoms with Gasteiger partial charge in [-0.15, -0.1) is 0 Å². The van der Waals surface area contributed by atoms with Gasteiger partial charge in [-0.1, -0.05) is 18.2 Å². The molecule has 1 aromatic heterocycles. The zero-order chi connectivity index (χ0) is 30.6. The summed E-state index contributed by atoms with van der Waals surface area (Å²) in [4.78, 5) is 43.0. The number of alkyl halides is 3. The number of aliphatic carboxylic acids is 1. The number of benzene rings is 3. The van der Waals surface area contributed by atoms with E-state index in [0.717, 1.165) is 55.7 Å². The van der Waals surface area contributed by atoms with Gasteiger partial charge in [0.15, 0.2) is 0 Å². The Morgan fingerprint density at radius 1 is 0.953 bits per heavy atom. The van der Waals surface area contributed by atoms with E-state index in [-0.39, 0.29) is 28.9 Å². The number of carboxylic acids is 1. The number of anilines is 2. The van der Waals surface area contributed by atoms with Gasteiger partial charge >= 0.3 is 12.1 Å². The third-order valence-corrected chi connectivity index (χ3v) is 8.36. The van der Waals surface area contributed by atoms with E-state index in [1.54, 1.807) is 30.3 Å². The average molecular weight is 610 g/mol. The predicted molar refractivity (Wildman–Crippen MR) is 162 cm³/mol. The lowest BCUT2D eigenvalue weighted by Crippen LogP contribution is -2.29. The standard InChI is InChI=1S/C32H30F3N3O4S/c33-32(34,35)23-8-7-21-16-28(36-27(21)17-23)30(41)25-18-24(38-12-2-1-3-13-38)9-10-26(25)37-31(42)22-6-4-5-20(15-22)19-43-14-11-29(39)40/h4-10,15-18,36H,1-3,11-14,19H2,(H,37,42)(H,39,40). The number of nitrogens with zero attached hydrogens (tertiary/aromatic N) is 1. The first-order chi connectivity index (χ1) is 20.6. The number of thioether (sulfide) groups is 1. The van der Waals surface area contributed by atoms with E-state index in [9.17, 15) is 27.6 Å². The molecule has 1 aliphatic heterocycles. The maximum atomic E-state index is 13.9. The fourth-order valence-corrected chi connectivity index (χ4v) is 5.97. The molecule has 7 nitrogen and oxygen atoms in total. The normalized spacial score (nSPS) is 13.7. The molecule has 4 aromatic rings. The summed E-state index contributed by atoms with van der Waals surface area (Å²) in [5.74, 6) is -0.757. The van der Waals surface area contributed by atoms with Crippen molar-refractivity contribution in [2.75, 3.05) is 29.1 Å². The first kappa shape index (κ1) is 30.2. The van der Waals surface area contributed by atoms with Crippen molar-refractivity contribution in [2.45, 2.75) is 37.6 Å². The van der Waals surface area contributed by atoms with Gasteiger partial charge < -0.3 is 20.3 Å². The lowest BCUT2D eigenvalue weighted by atomic mass is 10.0. The molecule has 5 rings (SSSR count). The molecule has 0 atom stereocenters.